The second-order valence-electron chi connectivity index (χ2n) is 4.72. The first-order valence-electron chi connectivity index (χ1n) is 5.62. The lowest BCUT2D eigenvalue weighted by Gasteiger charge is -2.31. The molecule has 2 nitrogen and oxygen atoms in total. The van der Waals surface area contributed by atoms with Crippen molar-refractivity contribution in [3.63, 3.8) is 0 Å². The second kappa shape index (κ2) is 3.73. The van der Waals surface area contributed by atoms with Crippen LogP contribution in [-0.4, -0.2) is 17.4 Å². The van der Waals surface area contributed by atoms with E-state index in [2.05, 4.69) is 18.9 Å². The van der Waals surface area contributed by atoms with Crippen LogP contribution in [0.5, 0.6) is 0 Å². The van der Waals surface area contributed by atoms with Crippen LogP contribution >= 0.6 is 0 Å². The number of allylic oxidation sites excluding steroid dienone is 2. The first-order valence-corrected chi connectivity index (χ1v) is 5.62. The summed E-state index contributed by atoms with van der Waals surface area (Å²) in [7, 11) is 0. The maximum Gasteiger partial charge on any atom is 0.227 e. The van der Waals surface area contributed by atoms with E-state index in [-0.39, 0.29) is 11.3 Å². The van der Waals surface area contributed by atoms with Crippen LogP contribution in [-0.2, 0) is 4.79 Å². The molecule has 0 radical (unpaired) electrons. The van der Waals surface area contributed by atoms with Crippen LogP contribution in [0.15, 0.2) is 11.8 Å². The fourth-order valence-electron chi connectivity index (χ4n) is 2.71. The summed E-state index contributed by atoms with van der Waals surface area (Å²) in [6.45, 7) is 2.89. The number of terminal acetylenes is 1. The minimum atomic E-state index is 0.101. The SMILES string of the molecule is C#CCCN1C(=O)CC2(C)CCCC=C12. The highest BCUT2D eigenvalue weighted by molar-refractivity contribution is 5.83. The highest BCUT2D eigenvalue weighted by Gasteiger charge is 2.44. The Morgan fingerprint density at radius 1 is 1.67 bits per heavy atom. The Labute approximate surface area is 91.3 Å². The highest BCUT2D eigenvalue weighted by Crippen LogP contribution is 2.47. The Morgan fingerprint density at radius 3 is 3.20 bits per heavy atom. The third-order valence-corrected chi connectivity index (χ3v) is 3.50. The Hall–Kier alpha value is -1.23. The lowest BCUT2D eigenvalue weighted by Crippen LogP contribution is -2.27. The summed E-state index contributed by atoms with van der Waals surface area (Å²) < 4.78 is 0. The van der Waals surface area contributed by atoms with Gasteiger partial charge in [0.1, 0.15) is 0 Å². The fraction of sp³-hybridized carbons (Fsp3) is 0.615. The molecule has 1 saturated heterocycles. The van der Waals surface area contributed by atoms with Gasteiger partial charge in [0.2, 0.25) is 5.91 Å². The normalized spacial score (nSPS) is 29.7. The van der Waals surface area contributed by atoms with E-state index in [4.69, 9.17) is 6.42 Å². The topological polar surface area (TPSA) is 20.3 Å². The summed E-state index contributed by atoms with van der Waals surface area (Å²) >= 11 is 0. The number of rotatable bonds is 2. The average molecular weight is 203 g/mol. The van der Waals surface area contributed by atoms with Crippen molar-refractivity contribution in [2.75, 3.05) is 6.54 Å². The van der Waals surface area contributed by atoms with Crippen LogP contribution in [0, 0.1) is 17.8 Å². The molecule has 2 aliphatic rings. The van der Waals surface area contributed by atoms with Crippen molar-refractivity contribution in [3.05, 3.63) is 11.8 Å². The van der Waals surface area contributed by atoms with Crippen molar-refractivity contribution in [1.82, 2.24) is 4.90 Å². The number of likely N-dealkylation sites (tertiary alicyclic amines) is 1. The van der Waals surface area contributed by atoms with Crippen molar-refractivity contribution in [2.24, 2.45) is 5.41 Å². The minimum Gasteiger partial charge on any atom is -0.315 e. The number of nitrogens with zero attached hydrogens (tertiary/aromatic N) is 1. The summed E-state index contributed by atoms with van der Waals surface area (Å²) in [4.78, 5) is 13.8. The number of hydrogen-bond donors (Lipinski definition) is 0. The number of amides is 1. The van der Waals surface area contributed by atoms with E-state index < -0.39 is 0 Å². The molecule has 2 heteroatoms. The van der Waals surface area contributed by atoms with Crippen molar-refractivity contribution in [1.29, 1.82) is 0 Å². The van der Waals surface area contributed by atoms with Gasteiger partial charge in [0.15, 0.2) is 0 Å². The van der Waals surface area contributed by atoms with Crippen molar-refractivity contribution in [3.8, 4) is 12.3 Å². The van der Waals surface area contributed by atoms with Crippen LogP contribution in [0.25, 0.3) is 0 Å². The molecule has 0 aromatic heterocycles. The zero-order valence-electron chi connectivity index (χ0n) is 9.25. The van der Waals surface area contributed by atoms with Crippen LogP contribution in [0.2, 0.25) is 0 Å². The molecule has 0 saturated carbocycles. The number of hydrogen-bond acceptors (Lipinski definition) is 1. The number of carbonyl (C=O) groups excluding carboxylic acids is 1. The lowest BCUT2D eigenvalue weighted by molar-refractivity contribution is -0.126. The maximum absolute atomic E-state index is 11.9. The molecule has 1 atom stereocenters. The molecule has 2 rings (SSSR count). The summed E-state index contributed by atoms with van der Waals surface area (Å²) in [5, 5.41) is 0. The standard InChI is InChI=1S/C13H17NO/c1-3-4-9-14-11-7-5-6-8-13(11,2)10-12(14)15/h1,7H,4-6,8-10H2,2H3. The number of fused-ring (bicyclic) bond motifs is 1. The van der Waals surface area contributed by atoms with Crippen LogP contribution in [0.4, 0.5) is 0 Å². The van der Waals surface area contributed by atoms with Crippen molar-refractivity contribution >= 4 is 5.91 Å². The molecule has 15 heavy (non-hydrogen) atoms. The van der Waals surface area contributed by atoms with Gasteiger partial charge in [0.05, 0.1) is 0 Å². The van der Waals surface area contributed by atoms with Gasteiger partial charge >= 0.3 is 0 Å². The molecule has 0 spiro atoms. The van der Waals surface area contributed by atoms with E-state index in [9.17, 15) is 4.79 Å². The Morgan fingerprint density at radius 2 is 2.47 bits per heavy atom. The molecule has 1 aliphatic carbocycles. The largest absolute Gasteiger partial charge is 0.315 e. The lowest BCUT2D eigenvalue weighted by atomic mass is 9.77. The zero-order valence-corrected chi connectivity index (χ0v) is 9.25. The van der Waals surface area contributed by atoms with E-state index in [1.165, 1.54) is 12.1 Å². The van der Waals surface area contributed by atoms with Crippen LogP contribution in [0.1, 0.15) is 39.0 Å². The molecule has 1 fully saturated rings. The first-order chi connectivity index (χ1) is 7.17. The minimum absolute atomic E-state index is 0.101. The Balaban J connectivity index is 2.22. The molecule has 0 N–H and O–H groups in total. The van der Waals surface area contributed by atoms with E-state index in [0.717, 1.165) is 12.8 Å². The molecular formula is C13H17NO. The Bertz CT molecular complexity index is 350. The highest BCUT2D eigenvalue weighted by atomic mass is 16.2. The maximum atomic E-state index is 11.9. The van der Waals surface area contributed by atoms with E-state index in [1.807, 2.05) is 4.90 Å². The van der Waals surface area contributed by atoms with Crippen molar-refractivity contribution < 1.29 is 4.79 Å². The Kier molecular flexibility index (Phi) is 2.56. The van der Waals surface area contributed by atoms with Gasteiger partial charge in [-0.15, -0.1) is 12.3 Å². The third kappa shape index (κ3) is 1.67. The number of carbonyl (C=O) groups is 1. The zero-order chi connectivity index (χ0) is 10.9. The van der Waals surface area contributed by atoms with Crippen LogP contribution in [0.3, 0.4) is 0 Å². The molecule has 0 aromatic rings. The van der Waals surface area contributed by atoms with Crippen LogP contribution < -0.4 is 0 Å². The smallest absolute Gasteiger partial charge is 0.227 e. The average Bonchev–Trinajstić information content (AvgIpc) is 2.45. The predicted octanol–water partition coefficient (Wildman–Crippen LogP) is 2.32. The van der Waals surface area contributed by atoms with Gasteiger partial charge < -0.3 is 4.90 Å². The first kappa shape index (κ1) is 10.3. The summed E-state index contributed by atoms with van der Waals surface area (Å²) in [6.07, 6.45) is 12.2. The second-order valence-corrected chi connectivity index (χ2v) is 4.72. The molecule has 0 bridgehead atoms. The van der Waals surface area contributed by atoms with E-state index in [1.54, 1.807) is 0 Å². The molecule has 80 valence electrons. The van der Waals surface area contributed by atoms with Gasteiger partial charge in [-0.2, -0.15) is 0 Å². The third-order valence-electron chi connectivity index (χ3n) is 3.50. The molecule has 1 amide bonds. The quantitative estimate of drug-likeness (QED) is 0.631. The summed E-state index contributed by atoms with van der Waals surface area (Å²) in [5.41, 5.74) is 1.33. The van der Waals surface area contributed by atoms with Gasteiger partial charge in [-0.1, -0.05) is 13.0 Å². The molecular weight excluding hydrogens is 186 g/mol. The predicted molar refractivity (Wildman–Crippen MR) is 59.8 cm³/mol. The summed E-state index contributed by atoms with van der Waals surface area (Å²) in [5.74, 6) is 2.85. The van der Waals surface area contributed by atoms with Gasteiger partial charge in [-0.05, 0) is 19.3 Å². The van der Waals surface area contributed by atoms with E-state index in [0.29, 0.717) is 19.4 Å². The molecule has 1 unspecified atom stereocenters. The molecule has 1 aliphatic heterocycles. The fourth-order valence-corrected chi connectivity index (χ4v) is 2.71. The van der Waals surface area contributed by atoms with Gasteiger partial charge in [-0.3, -0.25) is 4.79 Å². The van der Waals surface area contributed by atoms with Gasteiger partial charge in [0, 0.05) is 30.5 Å². The molecule has 1 heterocycles. The van der Waals surface area contributed by atoms with Gasteiger partial charge in [0.25, 0.3) is 0 Å². The van der Waals surface area contributed by atoms with Crippen molar-refractivity contribution in [2.45, 2.75) is 39.0 Å². The monoisotopic (exact) mass is 203 g/mol. The molecule has 0 aromatic carbocycles. The van der Waals surface area contributed by atoms with Gasteiger partial charge in [-0.25, -0.2) is 0 Å². The summed E-state index contributed by atoms with van der Waals surface area (Å²) in [6, 6.07) is 0. The van der Waals surface area contributed by atoms with E-state index >= 15 is 0 Å².